The van der Waals surface area contributed by atoms with Crippen molar-refractivity contribution in [3.05, 3.63) is 188 Å². The van der Waals surface area contributed by atoms with Crippen molar-refractivity contribution in [2.45, 2.75) is 12.0 Å². The Bertz CT molecular complexity index is 2570. The highest BCUT2D eigenvalue weighted by molar-refractivity contribution is 6.16. The zero-order valence-corrected chi connectivity index (χ0v) is 26.4. The summed E-state index contributed by atoms with van der Waals surface area (Å²) < 4.78 is 2.43. The van der Waals surface area contributed by atoms with Gasteiger partial charge in [0.1, 0.15) is 0 Å². The van der Waals surface area contributed by atoms with Crippen LogP contribution in [-0.4, -0.2) is 10.6 Å². The molecule has 2 heterocycles. The zero-order valence-electron chi connectivity index (χ0n) is 26.4. The van der Waals surface area contributed by atoms with Gasteiger partial charge < -0.3 is 9.47 Å². The summed E-state index contributed by atoms with van der Waals surface area (Å²) in [6.45, 7) is 0. The maximum absolute atomic E-state index is 2.55. The molecule has 10 rings (SSSR count). The van der Waals surface area contributed by atoms with Crippen LogP contribution in [0.5, 0.6) is 0 Å². The molecule has 48 heavy (non-hydrogen) atoms. The van der Waals surface area contributed by atoms with E-state index in [2.05, 4.69) is 191 Å². The Labute approximate surface area is 280 Å². The molecule has 2 aliphatic rings. The van der Waals surface area contributed by atoms with Crippen LogP contribution in [0, 0.1) is 0 Å². The van der Waals surface area contributed by atoms with Gasteiger partial charge in [0.15, 0.2) is 0 Å². The Hall–Kier alpha value is -6.12. The predicted octanol–water partition coefficient (Wildman–Crippen LogP) is 12.0. The molecule has 2 unspecified atom stereocenters. The SMILES string of the molecule is C1=CC2c3c(-c4cccc5c4c4ccccc4n5-c4ccc(-c5ccccc5)cc4)cccc3N(c3ccc4ccccc4c3)C2C=C1. The van der Waals surface area contributed by atoms with E-state index in [1.165, 1.54) is 77.5 Å². The fourth-order valence-corrected chi connectivity index (χ4v) is 8.21. The molecule has 0 N–H and O–H groups in total. The molecule has 0 saturated heterocycles. The molecule has 2 atom stereocenters. The van der Waals surface area contributed by atoms with Gasteiger partial charge in [-0.1, -0.05) is 140 Å². The lowest BCUT2D eigenvalue weighted by atomic mass is 9.85. The number of benzene rings is 7. The van der Waals surface area contributed by atoms with Crippen LogP contribution in [0.1, 0.15) is 11.5 Å². The molecule has 2 nitrogen and oxygen atoms in total. The van der Waals surface area contributed by atoms with Crippen molar-refractivity contribution >= 4 is 44.0 Å². The molecule has 226 valence electrons. The van der Waals surface area contributed by atoms with E-state index in [1.807, 2.05) is 0 Å². The molecule has 7 aromatic carbocycles. The molecule has 1 aromatic heterocycles. The number of hydrogen-bond donors (Lipinski definition) is 0. The van der Waals surface area contributed by atoms with E-state index >= 15 is 0 Å². The molecular formula is C46H32N2. The van der Waals surface area contributed by atoms with Gasteiger partial charge in [0.25, 0.3) is 0 Å². The molecular weight excluding hydrogens is 581 g/mol. The third-order valence-electron chi connectivity index (χ3n) is 10.3. The van der Waals surface area contributed by atoms with Crippen molar-refractivity contribution in [1.29, 1.82) is 0 Å². The Balaban J connectivity index is 1.17. The third kappa shape index (κ3) is 4.06. The molecule has 0 saturated carbocycles. The standard InChI is InChI=1S/C46H32N2/c1-2-12-31(13-3-1)33-24-27-35(28-25-33)47-41-20-8-6-16-39(41)45-37(18-10-22-43(45)47)38-19-11-23-44-46(38)40-17-7-9-21-42(40)48(44)36-29-26-32-14-4-5-15-34(32)30-36/h1-30,40,42H. The second-order valence-electron chi connectivity index (χ2n) is 12.9. The summed E-state index contributed by atoms with van der Waals surface area (Å²) in [5.74, 6) is 0.252. The summed E-state index contributed by atoms with van der Waals surface area (Å²) in [7, 11) is 0. The number of fused-ring (bicyclic) bond motifs is 7. The molecule has 8 aromatic rings. The van der Waals surface area contributed by atoms with Gasteiger partial charge in [-0.2, -0.15) is 0 Å². The van der Waals surface area contributed by atoms with Crippen molar-refractivity contribution in [3.8, 4) is 27.9 Å². The van der Waals surface area contributed by atoms with E-state index < -0.39 is 0 Å². The molecule has 0 fully saturated rings. The first-order valence-electron chi connectivity index (χ1n) is 16.8. The van der Waals surface area contributed by atoms with E-state index in [4.69, 9.17) is 0 Å². The van der Waals surface area contributed by atoms with Crippen LogP contribution in [0.3, 0.4) is 0 Å². The van der Waals surface area contributed by atoms with Gasteiger partial charge in [-0.05, 0) is 81.1 Å². The highest BCUT2D eigenvalue weighted by atomic mass is 15.2. The topological polar surface area (TPSA) is 8.17 Å². The maximum Gasteiger partial charge on any atom is 0.0629 e. The number of para-hydroxylation sites is 1. The van der Waals surface area contributed by atoms with Crippen LogP contribution < -0.4 is 4.90 Å². The van der Waals surface area contributed by atoms with E-state index in [0.717, 1.165) is 0 Å². The minimum absolute atomic E-state index is 0.219. The van der Waals surface area contributed by atoms with Gasteiger partial charge in [-0.25, -0.2) is 0 Å². The van der Waals surface area contributed by atoms with Gasteiger partial charge in [-0.15, -0.1) is 0 Å². The second kappa shape index (κ2) is 10.7. The first-order chi connectivity index (χ1) is 23.8. The van der Waals surface area contributed by atoms with Crippen molar-refractivity contribution < 1.29 is 0 Å². The number of allylic oxidation sites excluding steroid dienone is 2. The van der Waals surface area contributed by atoms with Gasteiger partial charge in [-0.3, -0.25) is 0 Å². The van der Waals surface area contributed by atoms with Gasteiger partial charge in [0.2, 0.25) is 0 Å². The molecule has 0 bridgehead atoms. The minimum Gasteiger partial charge on any atom is -0.333 e. The smallest absolute Gasteiger partial charge is 0.0629 e. The summed E-state index contributed by atoms with van der Waals surface area (Å²) in [6, 6.07) is 57.9. The quantitative estimate of drug-likeness (QED) is 0.192. The fraction of sp³-hybridized carbons (Fsp3) is 0.0435. The molecule has 1 aliphatic carbocycles. The van der Waals surface area contributed by atoms with Crippen LogP contribution in [0.15, 0.2) is 182 Å². The summed E-state index contributed by atoms with van der Waals surface area (Å²) in [5, 5.41) is 5.10. The van der Waals surface area contributed by atoms with E-state index in [-0.39, 0.29) is 12.0 Å². The minimum atomic E-state index is 0.219. The second-order valence-corrected chi connectivity index (χ2v) is 12.9. The fourth-order valence-electron chi connectivity index (χ4n) is 8.21. The van der Waals surface area contributed by atoms with Crippen molar-refractivity contribution in [2.75, 3.05) is 4.90 Å². The average molecular weight is 613 g/mol. The van der Waals surface area contributed by atoms with Crippen molar-refractivity contribution in [2.24, 2.45) is 0 Å². The van der Waals surface area contributed by atoms with Gasteiger partial charge in [0.05, 0.1) is 17.1 Å². The Kier molecular flexibility index (Phi) is 6.04. The van der Waals surface area contributed by atoms with E-state index in [9.17, 15) is 0 Å². The monoisotopic (exact) mass is 612 g/mol. The Morgan fingerprint density at radius 3 is 2.04 bits per heavy atom. The van der Waals surface area contributed by atoms with Crippen molar-refractivity contribution in [3.63, 3.8) is 0 Å². The lowest BCUT2D eigenvalue weighted by molar-refractivity contribution is 0.746. The van der Waals surface area contributed by atoms with Crippen LogP contribution in [-0.2, 0) is 0 Å². The summed E-state index contributed by atoms with van der Waals surface area (Å²) in [5.41, 5.74) is 12.6. The summed E-state index contributed by atoms with van der Waals surface area (Å²) in [6.07, 6.45) is 9.19. The highest BCUT2D eigenvalue weighted by Gasteiger charge is 2.39. The van der Waals surface area contributed by atoms with Crippen LogP contribution in [0.25, 0.3) is 60.5 Å². The maximum atomic E-state index is 2.55. The van der Waals surface area contributed by atoms with Crippen LogP contribution >= 0.6 is 0 Å². The zero-order chi connectivity index (χ0) is 31.6. The van der Waals surface area contributed by atoms with Crippen LogP contribution in [0.4, 0.5) is 11.4 Å². The summed E-state index contributed by atoms with van der Waals surface area (Å²) >= 11 is 0. The molecule has 2 heteroatoms. The largest absolute Gasteiger partial charge is 0.333 e. The van der Waals surface area contributed by atoms with Gasteiger partial charge in [0, 0.05) is 33.8 Å². The highest BCUT2D eigenvalue weighted by Crippen LogP contribution is 2.52. The predicted molar refractivity (Wildman–Crippen MR) is 203 cm³/mol. The Morgan fingerprint density at radius 1 is 0.458 bits per heavy atom. The lowest BCUT2D eigenvalue weighted by Gasteiger charge is -2.29. The van der Waals surface area contributed by atoms with E-state index in [1.54, 1.807) is 0 Å². The summed E-state index contributed by atoms with van der Waals surface area (Å²) in [4.78, 5) is 2.55. The molecule has 0 spiro atoms. The first kappa shape index (κ1) is 27.0. The lowest BCUT2D eigenvalue weighted by Crippen LogP contribution is -2.28. The van der Waals surface area contributed by atoms with Crippen molar-refractivity contribution in [1.82, 2.24) is 4.57 Å². The first-order valence-corrected chi connectivity index (χ1v) is 16.8. The van der Waals surface area contributed by atoms with E-state index in [0.29, 0.717) is 0 Å². The number of hydrogen-bond acceptors (Lipinski definition) is 1. The number of nitrogens with zero attached hydrogens (tertiary/aromatic N) is 2. The number of rotatable bonds is 4. The molecule has 0 radical (unpaired) electrons. The third-order valence-corrected chi connectivity index (χ3v) is 10.3. The molecule has 1 aliphatic heterocycles. The average Bonchev–Trinajstić information content (AvgIpc) is 3.68. The van der Waals surface area contributed by atoms with Crippen LogP contribution in [0.2, 0.25) is 0 Å². The molecule has 0 amide bonds. The number of anilines is 2. The number of aromatic nitrogens is 1. The normalized spacial score (nSPS) is 16.5. The van der Waals surface area contributed by atoms with Gasteiger partial charge >= 0.3 is 0 Å². The Morgan fingerprint density at radius 2 is 1.15 bits per heavy atom.